The number of fused-ring (bicyclic) bond motifs is 1. The molecule has 1 aliphatic heterocycles. The number of aliphatic hydroxyl groups is 1. The molecule has 1 aliphatic carbocycles. The molecule has 2 atom stereocenters. The van der Waals surface area contributed by atoms with E-state index in [0.29, 0.717) is 30.6 Å². The maximum Gasteiger partial charge on any atom is 0.332 e. The third kappa shape index (κ3) is 2.85. The zero-order valence-electron chi connectivity index (χ0n) is 14.8. The molecule has 0 bridgehead atoms. The van der Waals surface area contributed by atoms with Gasteiger partial charge in [-0.25, -0.2) is 4.79 Å². The second-order valence-electron chi connectivity index (χ2n) is 7.36. The van der Waals surface area contributed by atoms with Gasteiger partial charge >= 0.3 is 5.69 Å². The minimum Gasteiger partial charge on any atom is -0.390 e. The maximum absolute atomic E-state index is 12.7. The van der Waals surface area contributed by atoms with Crippen LogP contribution < -0.4 is 21.5 Å². The van der Waals surface area contributed by atoms with Crippen LogP contribution in [0.15, 0.2) is 9.59 Å². The second-order valence-corrected chi connectivity index (χ2v) is 7.36. The molecule has 2 unspecified atom stereocenters. The van der Waals surface area contributed by atoms with Gasteiger partial charge in [0.15, 0.2) is 0 Å². The monoisotopic (exact) mass is 336 g/mol. The molecule has 0 radical (unpaired) electrons. The van der Waals surface area contributed by atoms with Crippen molar-refractivity contribution in [2.75, 3.05) is 23.9 Å². The van der Waals surface area contributed by atoms with Gasteiger partial charge in [-0.3, -0.25) is 13.9 Å². The van der Waals surface area contributed by atoms with Gasteiger partial charge in [0.1, 0.15) is 11.5 Å². The molecule has 0 spiro atoms. The van der Waals surface area contributed by atoms with Crippen molar-refractivity contribution >= 4 is 11.5 Å². The molecule has 1 fully saturated rings. The molecular formula is C17H28N4O3. The van der Waals surface area contributed by atoms with E-state index in [4.69, 9.17) is 0 Å². The summed E-state index contributed by atoms with van der Waals surface area (Å²) in [5.41, 5.74) is -0.503. The van der Waals surface area contributed by atoms with E-state index in [-0.39, 0.29) is 11.2 Å². The van der Waals surface area contributed by atoms with Gasteiger partial charge in [-0.15, -0.1) is 0 Å². The van der Waals surface area contributed by atoms with Gasteiger partial charge in [0.25, 0.3) is 5.56 Å². The van der Waals surface area contributed by atoms with Gasteiger partial charge < -0.3 is 15.3 Å². The molecule has 1 aromatic heterocycles. The van der Waals surface area contributed by atoms with E-state index in [1.54, 1.807) is 7.05 Å². The van der Waals surface area contributed by atoms with Crippen LogP contribution >= 0.6 is 0 Å². The first-order chi connectivity index (χ1) is 11.4. The summed E-state index contributed by atoms with van der Waals surface area (Å²) in [6.45, 7) is 2.97. The van der Waals surface area contributed by atoms with Gasteiger partial charge in [0.2, 0.25) is 0 Å². The zero-order chi connectivity index (χ0) is 17.5. The van der Waals surface area contributed by atoms with Gasteiger partial charge in [0.05, 0.1) is 12.3 Å². The summed E-state index contributed by atoms with van der Waals surface area (Å²) in [5, 5.41) is 13.6. The SMILES string of the molecule is CCC1(O)CCCC(CCn2c(=O)c3c(n(C)c2=O)NCN3C)C1. The lowest BCUT2D eigenvalue weighted by atomic mass is 9.75. The first-order valence-electron chi connectivity index (χ1n) is 8.87. The Morgan fingerprint density at radius 1 is 1.33 bits per heavy atom. The van der Waals surface area contributed by atoms with Crippen LogP contribution in [0.1, 0.15) is 45.4 Å². The number of hydrogen-bond acceptors (Lipinski definition) is 5. The Labute approximate surface area is 141 Å². The standard InChI is InChI=1S/C17H28N4O3/c1-4-17(24)8-5-6-12(10-17)7-9-21-15(22)13-14(18-11-19(13)2)20(3)16(21)23/h12,18,24H,4-11H2,1-3H3. The molecule has 7 nitrogen and oxygen atoms in total. The lowest BCUT2D eigenvalue weighted by Gasteiger charge is -2.36. The summed E-state index contributed by atoms with van der Waals surface area (Å²) < 4.78 is 2.87. The van der Waals surface area contributed by atoms with E-state index in [2.05, 4.69) is 5.32 Å². The minimum atomic E-state index is -0.569. The molecule has 24 heavy (non-hydrogen) atoms. The number of nitrogens with zero attached hydrogens (tertiary/aromatic N) is 3. The van der Waals surface area contributed by atoms with Gasteiger partial charge in [-0.2, -0.15) is 0 Å². The van der Waals surface area contributed by atoms with Crippen molar-refractivity contribution in [2.45, 2.75) is 57.6 Å². The van der Waals surface area contributed by atoms with Crippen molar-refractivity contribution in [3.05, 3.63) is 20.8 Å². The molecule has 0 aromatic carbocycles. The van der Waals surface area contributed by atoms with Crippen LogP contribution in [0.25, 0.3) is 0 Å². The molecule has 0 amide bonds. The topological polar surface area (TPSA) is 79.5 Å². The molecule has 134 valence electrons. The number of hydrogen-bond donors (Lipinski definition) is 2. The first kappa shape index (κ1) is 17.1. The molecule has 7 heteroatoms. The predicted molar refractivity (Wildman–Crippen MR) is 94.7 cm³/mol. The Hall–Kier alpha value is -1.76. The average Bonchev–Trinajstić information content (AvgIpc) is 2.95. The summed E-state index contributed by atoms with van der Waals surface area (Å²) in [4.78, 5) is 27.1. The highest BCUT2D eigenvalue weighted by atomic mass is 16.3. The van der Waals surface area contributed by atoms with Crippen molar-refractivity contribution in [3.63, 3.8) is 0 Å². The summed E-state index contributed by atoms with van der Waals surface area (Å²) in [7, 11) is 3.54. The number of aromatic nitrogens is 2. The average molecular weight is 336 g/mol. The second kappa shape index (κ2) is 6.27. The third-order valence-electron chi connectivity index (χ3n) is 5.73. The Bertz CT molecular complexity index is 739. The highest BCUT2D eigenvalue weighted by Crippen LogP contribution is 2.36. The maximum atomic E-state index is 12.7. The summed E-state index contributed by atoms with van der Waals surface area (Å²) in [6, 6.07) is 0. The van der Waals surface area contributed by atoms with E-state index >= 15 is 0 Å². The smallest absolute Gasteiger partial charge is 0.332 e. The molecule has 1 saturated carbocycles. The number of anilines is 2. The third-order valence-corrected chi connectivity index (χ3v) is 5.73. The first-order valence-corrected chi connectivity index (χ1v) is 8.87. The molecule has 2 N–H and O–H groups in total. The molecule has 0 saturated heterocycles. The highest BCUT2D eigenvalue weighted by Gasteiger charge is 2.33. The summed E-state index contributed by atoms with van der Waals surface area (Å²) >= 11 is 0. The van der Waals surface area contributed by atoms with Crippen molar-refractivity contribution in [1.82, 2.24) is 9.13 Å². The zero-order valence-corrected chi connectivity index (χ0v) is 14.8. The number of nitrogens with one attached hydrogen (secondary N) is 1. The van der Waals surface area contributed by atoms with Crippen molar-refractivity contribution in [1.29, 1.82) is 0 Å². The van der Waals surface area contributed by atoms with Gasteiger partial charge in [-0.05, 0) is 31.6 Å². The molecule has 2 heterocycles. The van der Waals surface area contributed by atoms with Crippen molar-refractivity contribution in [3.8, 4) is 0 Å². The van der Waals surface area contributed by atoms with Crippen LogP contribution in [-0.4, -0.2) is 33.6 Å². The van der Waals surface area contributed by atoms with E-state index < -0.39 is 5.60 Å². The van der Waals surface area contributed by atoms with E-state index in [0.717, 1.165) is 38.5 Å². The van der Waals surface area contributed by atoms with Gasteiger partial charge in [-0.1, -0.05) is 19.8 Å². The lowest BCUT2D eigenvalue weighted by Crippen LogP contribution is -2.41. The Morgan fingerprint density at radius 3 is 2.79 bits per heavy atom. The quantitative estimate of drug-likeness (QED) is 0.860. The minimum absolute atomic E-state index is 0.220. The van der Waals surface area contributed by atoms with E-state index in [1.807, 2.05) is 18.9 Å². The van der Waals surface area contributed by atoms with Crippen molar-refractivity contribution < 1.29 is 5.11 Å². The van der Waals surface area contributed by atoms with Crippen LogP contribution in [0.2, 0.25) is 0 Å². The van der Waals surface area contributed by atoms with Crippen LogP contribution in [0, 0.1) is 5.92 Å². The largest absolute Gasteiger partial charge is 0.390 e. The van der Waals surface area contributed by atoms with Crippen LogP contribution in [0.4, 0.5) is 11.5 Å². The fraction of sp³-hybridized carbons (Fsp3) is 0.765. The normalized spacial score (nSPS) is 26.3. The number of rotatable bonds is 4. The summed E-state index contributed by atoms with van der Waals surface area (Å²) in [5.74, 6) is 0.964. The predicted octanol–water partition coefficient (Wildman–Crippen LogP) is 1.09. The fourth-order valence-electron chi connectivity index (χ4n) is 4.11. The molecular weight excluding hydrogens is 308 g/mol. The lowest BCUT2D eigenvalue weighted by molar-refractivity contribution is -0.0212. The van der Waals surface area contributed by atoms with Crippen LogP contribution in [0.3, 0.4) is 0 Å². The van der Waals surface area contributed by atoms with Crippen LogP contribution in [0.5, 0.6) is 0 Å². The Kier molecular flexibility index (Phi) is 4.46. The highest BCUT2D eigenvalue weighted by molar-refractivity contribution is 5.69. The Morgan fingerprint density at radius 2 is 2.08 bits per heavy atom. The van der Waals surface area contributed by atoms with E-state index in [9.17, 15) is 14.7 Å². The van der Waals surface area contributed by atoms with E-state index in [1.165, 1.54) is 9.13 Å². The molecule has 1 aromatic rings. The Balaban J connectivity index is 1.82. The molecule has 3 rings (SSSR count). The fourth-order valence-corrected chi connectivity index (χ4v) is 4.11. The van der Waals surface area contributed by atoms with Crippen LogP contribution in [-0.2, 0) is 13.6 Å². The van der Waals surface area contributed by atoms with Gasteiger partial charge in [0, 0.05) is 20.6 Å². The van der Waals surface area contributed by atoms with Crippen molar-refractivity contribution in [2.24, 2.45) is 13.0 Å². The summed E-state index contributed by atoms with van der Waals surface area (Å²) in [6.07, 6.45) is 5.22. The molecule has 2 aliphatic rings.